The molecule has 0 spiro atoms. The maximum Gasteiger partial charge on any atom is 0.153 e. The average Bonchev–Trinajstić information content (AvgIpc) is 1.79. The number of hydrogen-bond acceptors (Lipinski definition) is 3. The van der Waals surface area contributed by atoms with Gasteiger partial charge in [0.25, 0.3) is 0 Å². The Hall–Kier alpha value is -0.410. The maximum atomic E-state index is 11.5. The third-order valence-corrected chi connectivity index (χ3v) is 2.40. The van der Waals surface area contributed by atoms with Gasteiger partial charge in [-0.05, 0) is 27.7 Å². The van der Waals surface area contributed by atoms with E-state index in [9.17, 15) is 4.79 Å². The van der Waals surface area contributed by atoms with Crippen LogP contribution < -0.4 is 11.1 Å². The van der Waals surface area contributed by atoms with Gasteiger partial charge in [-0.25, -0.2) is 0 Å². The fourth-order valence-electron chi connectivity index (χ4n) is 1.94. The quantitative estimate of drug-likeness (QED) is 0.554. The van der Waals surface area contributed by atoms with Gasteiger partial charge >= 0.3 is 0 Å². The molecule has 1 aliphatic heterocycles. The first-order valence-electron chi connectivity index (χ1n) is 4.32. The van der Waals surface area contributed by atoms with E-state index in [1.807, 2.05) is 27.7 Å². The molecule has 0 saturated carbocycles. The summed E-state index contributed by atoms with van der Waals surface area (Å²) in [5.41, 5.74) is 5.37. The molecule has 1 heterocycles. The molecule has 1 unspecified atom stereocenters. The number of Topliss-reactive ketones (excluding diaryl/α,β-unsaturated/α-hetero) is 1. The van der Waals surface area contributed by atoms with Crippen molar-refractivity contribution in [3.05, 3.63) is 0 Å². The topological polar surface area (TPSA) is 55.1 Å². The summed E-state index contributed by atoms with van der Waals surface area (Å²) in [6.45, 7) is 7.99. The van der Waals surface area contributed by atoms with E-state index in [2.05, 4.69) is 5.32 Å². The van der Waals surface area contributed by atoms with Crippen molar-refractivity contribution in [3.63, 3.8) is 0 Å². The lowest BCUT2D eigenvalue weighted by Gasteiger charge is -2.45. The summed E-state index contributed by atoms with van der Waals surface area (Å²) in [5.74, 6) is 0.156. The van der Waals surface area contributed by atoms with Crippen LogP contribution in [0.15, 0.2) is 0 Å². The molecule has 0 aliphatic carbocycles. The predicted molar refractivity (Wildman–Crippen MR) is 48.9 cm³/mol. The summed E-state index contributed by atoms with van der Waals surface area (Å²) in [5, 5.41) is 3.37. The zero-order valence-corrected chi connectivity index (χ0v) is 8.27. The molecule has 0 amide bonds. The SMILES string of the molecule is CC1(C)CC(=O)C(N)C(C)(C)N1. The van der Waals surface area contributed by atoms with Gasteiger partial charge < -0.3 is 11.1 Å². The normalized spacial score (nSPS) is 33.4. The maximum absolute atomic E-state index is 11.5. The minimum absolute atomic E-state index is 0.115. The Morgan fingerprint density at radius 2 is 1.92 bits per heavy atom. The van der Waals surface area contributed by atoms with Crippen LogP contribution in [0.2, 0.25) is 0 Å². The van der Waals surface area contributed by atoms with Gasteiger partial charge in [-0.3, -0.25) is 4.79 Å². The third-order valence-electron chi connectivity index (χ3n) is 2.40. The second-order valence-electron chi connectivity index (χ2n) is 4.85. The highest BCUT2D eigenvalue weighted by Gasteiger charge is 2.42. The summed E-state index contributed by atoms with van der Waals surface area (Å²) in [6, 6.07) is -0.370. The lowest BCUT2D eigenvalue weighted by molar-refractivity contribution is -0.126. The lowest BCUT2D eigenvalue weighted by Crippen LogP contribution is -2.68. The van der Waals surface area contributed by atoms with Crippen LogP contribution in [0.5, 0.6) is 0 Å². The number of nitrogens with one attached hydrogen (secondary N) is 1. The highest BCUT2D eigenvalue weighted by molar-refractivity contribution is 5.87. The Bertz CT molecular complexity index is 209. The number of nitrogens with two attached hydrogens (primary N) is 1. The number of carbonyl (C=O) groups excluding carboxylic acids is 1. The Morgan fingerprint density at radius 1 is 1.42 bits per heavy atom. The van der Waals surface area contributed by atoms with Crippen LogP contribution in [0.4, 0.5) is 0 Å². The van der Waals surface area contributed by atoms with Crippen molar-refractivity contribution in [1.82, 2.24) is 5.32 Å². The Balaban J connectivity index is 2.87. The van der Waals surface area contributed by atoms with Crippen LogP contribution in [0.1, 0.15) is 34.1 Å². The first kappa shape index (κ1) is 9.68. The van der Waals surface area contributed by atoms with Crippen LogP contribution >= 0.6 is 0 Å². The highest BCUT2D eigenvalue weighted by Crippen LogP contribution is 2.24. The molecule has 0 aromatic carbocycles. The van der Waals surface area contributed by atoms with E-state index in [0.29, 0.717) is 6.42 Å². The predicted octanol–water partition coefficient (Wildman–Crippen LogP) is 0.433. The van der Waals surface area contributed by atoms with Crippen LogP contribution in [0.25, 0.3) is 0 Å². The molecule has 70 valence electrons. The van der Waals surface area contributed by atoms with Gasteiger partial charge in [0.1, 0.15) is 0 Å². The van der Waals surface area contributed by atoms with Gasteiger partial charge in [-0.1, -0.05) is 0 Å². The minimum Gasteiger partial charge on any atom is -0.320 e. The van der Waals surface area contributed by atoms with E-state index >= 15 is 0 Å². The number of ketones is 1. The van der Waals surface area contributed by atoms with Crippen molar-refractivity contribution in [2.75, 3.05) is 0 Å². The molecule has 1 rings (SSSR count). The fourth-order valence-corrected chi connectivity index (χ4v) is 1.94. The highest BCUT2D eigenvalue weighted by atomic mass is 16.1. The molecular formula is C9H18N2O. The molecular weight excluding hydrogens is 152 g/mol. The molecule has 0 aromatic rings. The van der Waals surface area contributed by atoms with Gasteiger partial charge in [-0.15, -0.1) is 0 Å². The minimum atomic E-state index is -0.370. The van der Waals surface area contributed by atoms with Gasteiger partial charge in [0.15, 0.2) is 5.78 Å². The summed E-state index contributed by atoms with van der Waals surface area (Å²) >= 11 is 0. The number of carbonyl (C=O) groups is 1. The van der Waals surface area contributed by atoms with E-state index < -0.39 is 0 Å². The molecule has 3 N–H and O–H groups in total. The van der Waals surface area contributed by atoms with Gasteiger partial charge in [0.2, 0.25) is 0 Å². The molecule has 1 atom stereocenters. The molecule has 12 heavy (non-hydrogen) atoms. The Morgan fingerprint density at radius 3 is 2.33 bits per heavy atom. The van der Waals surface area contributed by atoms with Crippen molar-refractivity contribution in [3.8, 4) is 0 Å². The van der Waals surface area contributed by atoms with Gasteiger partial charge in [0.05, 0.1) is 6.04 Å². The molecule has 3 nitrogen and oxygen atoms in total. The van der Waals surface area contributed by atoms with Gasteiger partial charge in [-0.2, -0.15) is 0 Å². The average molecular weight is 170 g/mol. The first-order chi connectivity index (χ1) is 5.25. The number of rotatable bonds is 0. The van der Waals surface area contributed by atoms with E-state index in [4.69, 9.17) is 5.73 Å². The van der Waals surface area contributed by atoms with Crippen molar-refractivity contribution < 1.29 is 4.79 Å². The number of piperidine rings is 1. The number of hydrogen-bond donors (Lipinski definition) is 2. The van der Waals surface area contributed by atoms with E-state index in [1.165, 1.54) is 0 Å². The van der Waals surface area contributed by atoms with Crippen LogP contribution in [0.3, 0.4) is 0 Å². The van der Waals surface area contributed by atoms with Crippen molar-refractivity contribution >= 4 is 5.78 Å². The molecule has 3 heteroatoms. The summed E-state index contributed by atoms with van der Waals surface area (Å²) in [7, 11) is 0. The van der Waals surface area contributed by atoms with Crippen molar-refractivity contribution in [1.29, 1.82) is 0 Å². The molecule has 0 bridgehead atoms. The largest absolute Gasteiger partial charge is 0.320 e. The van der Waals surface area contributed by atoms with E-state index in [-0.39, 0.29) is 22.9 Å². The fraction of sp³-hybridized carbons (Fsp3) is 0.889. The molecule has 0 radical (unpaired) electrons. The Kier molecular flexibility index (Phi) is 2.05. The smallest absolute Gasteiger partial charge is 0.153 e. The van der Waals surface area contributed by atoms with E-state index in [1.54, 1.807) is 0 Å². The van der Waals surface area contributed by atoms with Gasteiger partial charge in [0, 0.05) is 17.5 Å². The zero-order chi connectivity index (χ0) is 9.57. The summed E-state index contributed by atoms with van der Waals surface area (Å²) in [6.07, 6.45) is 0.525. The third kappa shape index (κ3) is 1.67. The zero-order valence-electron chi connectivity index (χ0n) is 8.27. The Labute approximate surface area is 73.7 Å². The van der Waals surface area contributed by atoms with Crippen LogP contribution in [-0.4, -0.2) is 22.9 Å². The molecule has 0 aromatic heterocycles. The monoisotopic (exact) mass is 170 g/mol. The molecule has 1 fully saturated rings. The molecule has 1 aliphatic rings. The van der Waals surface area contributed by atoms with E-state index in [0.717, 1.165) is 0 Å². The second kappa shape index (κ2) is 2.54. The first-order valence-corrected chi connectivity index (χ1v) is 4.32. The summed E-state index contributed by atoms with van der Waals surface area (Å²) < 4.78 is 0. The van der Waals surface area contributed by atoms with Crippen molar-refractivity contribution in [2.45, 2.75) is 51.2 Å². The summed E-state index contributed by atoms with van der Waals surface area (Å²) in [4.78, 5) is 11.5. The second-order valence-corrected chi connectivity index (χ2v) is 4.85. The van der Waals surface area contributed by atoms with Crippen molar-refractivity contribution in [2.24, 2.45) is 5.73 Å². The van der Waals surface area contributed by atoms with Crippen LogP contribution in [-0.2, 0) is 4.79 Å². The lowest BCUT2D eigenvalue weighted by atomic mass is 9.78. The molecule has 1 saturated heterocycles. The standard InChI is InChI=1S/C9H18N2O/c1-8(2)5-6(12)7(10)9(3,4)11-8/h7,11H,5,10H2,1-4H3. The van der Waals surface area contributed by atoms with Crippen LogP contribution in [0, 0.1) is 0 Å².